The predicted molar refractivity (Wildman–Crippen MR) is 116 cm³/mol. The molecule has 0 radical (unpaired) electrons. The number of fused-ring (bicyclic) bond motifs is 2. The molecule has 0 saturated heterocycles. The molecule has 2 N–H and O–H groups in total. The van der Waals surface area contributed by atoms with Gasteiger partial charge < -0.3 is 15.4 Å². The van der Waals surface area contributed by atoms with Gasteiger partial charge in [-0.25, -0.2) is 0 Å². The second kappa shape index (κ2) is 6.71. The number of amides is 2. The van der Waals surface area contributed by atoms with E-state index in [1.165, 1.54) is 6.42 Å². The lowest BCUT2D eigenvalue weighted by Gasteiger charge is -2.60. The number of nitrogens with one attached hydrogen (secondary N) is 2. The van der Waals surface area contributed by atoms with Gasteiger partial charge in [0.2, 0.25) is 5.91 Å². The van der Waals surface area contributed by atoms with E-state index >= 15 is 0 Å². The molecule has 6 heteroatoms. The molecule has 172 valence electrons. The molecule has 5 atom stereocenters. The quantitative estimate of drug-likeness (QED) is 0.655. The van der Waals surface area contributed by atoms with Gasteiger partial charge >= 0.3 is 5.97 Å². The first-order chi connectivity index (χ1) is 14.5. The molecule has 6 fully saturated rings. The van der Waals surface area contributed by atoms with E-state index in [4.69, 9.17) is 4.74 Å². The summed E-state index contributed by atoms with van der Waals surface area (Å²) in [6.45, 7) is 8.32. The summed E-state index contributed by atoms with van der Waals surface area (Å²) in [7, 11) is 0. The Morgan fingerprint density at radius 2 is 1.68 bits per heavy atom. The third-order valence-corrected chi connectivity index (χ3v) is 10.4. The summed E-state index contributed by atoms with van der Waals surface area (Å²) in [5.74, 6) is 1.15. The summed E-state index contributed by atoms with van der Waals surface area (Å²) in [6, 6.07) is 0.162. The van der Waals surface area contributed by atoms with Gasteiger partial charge in [-0.2, -0.15) is 0 Å². The minimum Gasteiger partial charge on any atom is -0.455 e. The summed E-state index contributed by atoms with van der Waals surface area (Å²) in [5, 5.41) is 6.38. The molecule has 6 aliphatic rings. The van der Waals surface area contributed by atoms with E-state index in [2.05, 4.69) is 31.4 Å². The first-order valence-electron chi connectivity index (χ1n) is 12.2. The highest BCUT2D eigenvalue weighted by atomic mass is 16.5. The SMILES string of the molecule is CC(=O)NC12CC3CC(C1)CC(C(=O)OCC(=O)NC1CC4CCC1(C)C4(C)C)(C3)C2. The molecule has 6 rings (SSSR count). The molecule has 0 spiro atoms. The van der Waals surface area contributed by atoms with Crippen LogP contribution in [0.5, 0.6) is 0 Å². The largest absolute Gasteiger partial charge is 0.455 e. The maximum absolute atomic E-state index is 13.2. The second-order valence-electron chi connectivity index (χ2n) is 12.5. The summed E-state index contributed by atoms with van der Waals surface area (Å²) in [5.41, 5.74) is -0.450. The zero-order chi connectivity index (χ0) is 22.2. The Morgan fingerprint density at radius 3 is 2.23 bits per heavy atom. The van der Waals surface area contributed by atoms with Gasteiger partial charge in [-0.1, -0.05) is 20.8 Å². The predicted octanol–water partition coefficient (Wildman–Crippen LogP) is 3.34. The van der Waals surface area contributed by atoms with Crippen LogP contribution >= 0.6 is 0 Å². The molecular formula is C25H38N2O4. The highest BCUT2D eigenvalue weighted by molar-refractivity contribution is 5.84. The molecule has 0 aromatic rings. The monoisotopic (exact) mass is 430 g/mol. The number of carbonyl (C=O) groups is 3. The minimum atomic E-state index is -0.535. The van der Waals surface area contributed by atoms with E-state index in [-0.39, 0.29) is 46.8 Å². The van der Waals surface area contributed by atoms with Gasteiger partial charge in [0, 0.05) is 18.5 Å². The van der Waals surface area contributed by atoms with Gasteiger partial charge in [0.05, 0.1) is 5.41 Å². The summed E-state index contributed by atoms with van der Waals surface area (Å²) in [6.07, 6.45) is 8.82. The highest BCUT2D eigenvalue weighted by Gasteiger charge is 2.63. The second-order valence-corrected chi connectivity index (χ2v) is 12.5. The molecule has 2 amide bonds. The van der Waals surface area contributed by atoms with Crippen molar-refractivity contribution in [3.8, 4) is 0 Å². The highest BCUT2D eigenvalue weighted by Crippen LogP contribution is 2.65. The van der Waals surface area contributed by atoms with Gasteiger partial charge in [-0.3, -0.25) is 14.4 Å². The average molecular weight is 431 g/mol. The Balaban J connectivity index is 1.21. The van der Waals surface area contributed by atoms with Crippen LogP contribution in [0.15, 0.2) is 0 Å². The van der Waals surface area contributed by atoms with Crippen LogP contribution in [0.25, 0.3) is 0 Å². The van der Waals surface area contributed by atoms with Gasteiger partial charge in [-0.15, -0.1) is 0 Å². The number of rotatable bonds is 5. The molecule has 5 unspecified atom stereocenters. The molecule has 6 nitrogen and oxygen atoms in total. The van der Waals surface area contributed by atoms with Gasteiger partial charge in [0.15, 0.2) is 6.61 Å². The van der Waals surface area contributed by atoms with Crippen molar-refractivity contribution in [1.82, 2.24) is 10.6 Å². The van der Waals surface area contributed by atoms with Crippen LogP contribution in [-0.2, 0) is 19.1 Å². The van der Waals surface area contributed by atoms with Crippen molar-refractivity contribution >= 4 is 17.8 Å². The third-order valence-electron chi connectivity index (χ3n) is 10.4. The van der Waals surface area contributed by atoms with E-state index in [1.54, 1.807) is 6.92 Å². The van der Waals surface area contributed by atoms with E-state index in [1.807, 2.05) is 0 Å². The van der Waals surface area contributed by atoms with Crippen molar-refractivity contribution in [2.45, 2.75) is 97.1 Å². The van der Waals surface area contributed by atoms with E-state index in [0.717, 1.165) is 44.9 Å². The number of esters is 1. The van der Waals surface area contributed by atoms with Gasteiger partial charge in [0.25, 0.3) is 5.91 Å². The van der Waals surface area contributed by atoms with Crippen molar-refractivity contribution in [3.63, 3.8) is 0 Å². The lowest BCUT2D eigenvalue weighted by atomic mass is 9.47. The van der Waals surface area contributed by atoms with Crippen molar-refractivity contribution in [2.24, 2.45) is 34.0 Å². The Kier molecular flexibility index (Phi) is 4.60. The Hall–Kier alpha value is -1.59. The average Bonchev–Trinajstić information content (AvgIpc) is 2.97. The molecule has 6 aliphatic carbocycles. The maximum atomic E-state index is 13.2. The van der Waals surface area contributed by atoms with Crippen molar-refractivity contribution in [1.29, 1.82) is 0 Å². The van der Waals surface area contributed by atoms with Crippen molar-refractivity contribution < 1.29 is 19.1 Å². The fraction of sp³-hybridized carbons (Fsp3) is 0.880. The molecule has 6 saturated carbocycles. The molecule has 0 heterocycles. The van der Waals surface area contributed by atoms with Crippen molar-refractivity contribution in [2.75, 3.05) is 6.61 Å². The lowest BCUT2D eigenvalue weighted by molar-refractivity contribution is -0.177. The molecule has 0 aliphatic heterocycles. The molecular weight excluding hydrogens is 392 g/mol. The van der Waals surface area contributed by atoms with Crippen LogP contribution in [0.1, 0.15) is 85.5 Å². The summed E-state index contributed by atoms with van der Waals surface area (Å²) in [4.78, 5) is 37.8. The Morgan fingerprint density at radius 1 is 1.00 bits per heavy atom. The zero-order valence-corrected chi connectivity index (χ0v) is 19.5. The minimum absolute atomic E-state index is 0.0212. The number of ether oxygens (including phenoxy) is 1. The lowest BCUT2D eigenvalue weighted by Crippen LogP contribution is -2.64. The first kappa shape index (κ1) is 21.3. The first-order valence-corrected chi connectivity index (χ1v) is 12.2. The Labute approximate surface area is 185 Å². The standard InChI is InChI=1S/C25H38N2O4/c1-15(28)27-25-11-16-7-17(12-25)10-24(9-16,14-25)21(30)31-13-20(29)26-19-8-18-5-6-23(19,4)22(18,2)3/h16-19H,5-14H2,1-4H3,(H,26,29)(H,27,28). The van der Waals surface area contributed by atoms with Gasteiger partial charge in [-0.05, 0) is 86.4 Å². The maximum Gasteiger partial charge on any atom is 0.312 e. The van der Waals surface area contributed by atoms with Crippen LogP contribution in [0, 0.1) is 34.0 Å². The third kappa shape index (κ3) is 3.14. The summed E-state index contributed by atoms with van der Waals surface area (Å²) < 4.78 is 5.65. The summed E-state index contributed by atoms with van der Waals surface area (Å²) >= 11 is 0. The molecule has 6 bridgehead atoms. The number of hydrogen-bond donors (Lipinski definition) is 2. The van der Waals surface area contributed by atoms with Crippen LogP contribution in [0.3, 0.4) is 0 Å². The molecule has 0 aromatic heterocycles. The number of hydrogen-bond acceptors (Lipinski definition) is 4. The van der Waals surface area contributed by atoms with E-state index < -0.39 is 5.41 Å². The Bertz CT molecular complexity index is 806. The molecule has 0 aromatic carbocycles. The molecule has 31 heavy (non-hydrogen) atoms. The number of carbonyl (C=O) groups excluding carboxylic acids is 3. The van der Waals surface area contributed by atoms with E-state index in [0.29, 0.717) is 24.2 Å². The smallest absolute Gasteiger partial charge is 0.312 e. The van der Waals surface area contributed by atoms with Gasteiger partial charge in [0.1, 0.15) is 0 Å². The normalized spacial score (nSPS) is 46.1. The zero-order valence-electron chi connectivity index (χ0n) is 19.5. The fourth-order valence-corrected chi connectivity index (χ4v) is 8.96. The van der Waals surface area contributed by atoms with Crippen LogP contribution in [-0.4, -0.2) is 36.0 Å². The van der Waals surface area contributed by atoms with E-state index in [9.17, 15) is 14.4 Å². The van der Waals surface area contributed by atoms with Crippen LogP contribution in [0.4, 0.5) is 0 Å². The topological polar surface area (TPSA) is 84.5 Å². The van der Waals surface area contributed by atoms with Crippen LogP contribution in [0.2, 0.25) is 0 Å². The van der Waals surface area contributed by atoms with Crippen molar-refractivity contribution in [3.05, 3.63) is 0 Å². The fourth-order valence-electron chi connectivity index (χ4n) is 8.96. The van der Waals surface area contributed by atoms with Crippen LogP contribution < -0.4 is 10.6 Å².